The van der Waals surface area contributed by atoms with Crippen molar-refractivity contribution in [1.82, 2.24) is 0 Å². The number of aliphatic hydroxyl groups excluding tert-OH is 3. The largest absolute Gasteiger partial charge is 0.481 e. The number of ketones is 1. The van der Waals surface area contributed by atoms with Crippen molar-refractivity contribution in [2.75, 3.05) is 0 Å². The Morgan fingerprint density at radius 2 is 1.88 bits per heavy atom. The minimum absolute atomic E-state index is 0.0481. The average Bonchev–Trinajstić information content (AvgIpc) is 2.77. The number of Topliss-reactive ketones (excluding diaryl/α,β-unsaturated/α-hetero) is 1. The second-order valence-corrected chi connectivity index (χ2v) is 6.70. The molecule has 0 aromatic heterocycles. The summed E-state index contributed by atoms with van der Waals surface area (Å²) in [6, 6.07) is 0. The first-order valence-corrected chi connectivity index (χ1v) is 8.81. The molecule has 0 unspecified atom stereocenters. The van der Waals surface area contributed by atoms with Crippen molar-refractivity contribution in [1.29, 1.82) is 0 Å². The molecule has 0 amide bonds. The molecule has 1 rings (SSSR count). The lowest BCUT2D eigenvalue weighted by Gasteiger charge is -2.20. The maximum absolute atomic E-state index is 11.9. The van der Waals surface area contributed by atoms with Crippen LogP contribution in [0.3, 0.4) is 0 Å². The average molecular weight is 342 g/mol. The van der Waals surface area contributed by atoms with E-state index in [2.05, 4.69) is 6.92 Å². The third-order valence-electron chi connectivity index (χ3n) is 4.66. The molecule has 138 valence electrons. The molecule has 0 bridgehead atoms. The molecule has 1 aliphatic carbocycles. The standard InChI is InChI=1S/C18H30O6/c1-2-3-4-5-12(19)6-8-14-15(17(22)11-16(14)21)10-13(20)7-9-18(23)24/h6,8,12,14-17,19,21-22H,2-5,7,9-11H2,1H3,(H,23,24)/b8-6+/t12-,14+,15+,16-,17-/m0/s1. The zero-order chi connectivity index (χ0) is 18.1. The number of unbranched alkanes of at least 4 members (excludes halogenated alkanes) is 2. The Morgan fingerprint density at radius 1 is 1.17 bits per heavy atom. The van der Waals surface area contributed by atoms with Gasteiger partial charge in [-0.3, -0.25) is 9.59 Å². The van der Waals surface area contributed by atoms with Crippen LogP contribution in [-0.4, -0.2) is 50.5 Å². The molecule has 5 atom stereocenters. The normalized spacial score (nSPS) is 28.3. The van der Waals surface area contributed by atoms with Crippen LogP contribution in [0.1, 0.15) is 58.3 Å². The van der Waals surface area contributed by atoms with Gasteiger partial charge in [-0.15, -0.1) is 0 Å². The molecule has 0 aromatic rings. The first kappa shape index (κ1) is 20.8. The molecule has 24 heavy (non-hydrogen) atoms. The van der Waals surface area contributed by atoms with Crippen LogP contribution in [0.25, 0.3) is 0 Å². The summed E-state index contributed by atoms with van der Waals surface area (Å²) in [5.41, 5.74) is 0. The highest BCUT2D eigenvalue weighted by Gasteiger charge is 2.41. The van der Waals surface area contributed by atoms with E-state index in [0.717, 1.165) is 19.3 Å². The zero-order valence-corrected chi connectivity index (χ0v) is 14.3. The quantitative estimate of drug-likeness (QED) is 0.335. The lowest BCUT2D eigenvalue weighted by Crippen LogP contribution is -2.24. The molecule has 0 radical (unpaired) electrons. The van der Waals surface area contributed by atoms with Crippen LogP contribution >= 0.6 is 0 Å². The van der Waals surface area contributed by atoms with E-state index in [1.807, 2.05) is 0 Å². The summed E-state index contributed by atoms with van der Waals surface area (Å²) in [6.45, 7) is 2.09. The maximum Gasteiger partial charge on any atom is 0.303 e. The maximum atomic E-state index is 11.9. The minimum Gasteiger partial charge on any atom is -0.481 e. The summed E-state index contributed by atoms with van der Waals surface area (Å²) in [5.74, 6) is -2.07. The molecule has 0 heterocycles. The second-order valence-electron chi connectivity index (χ2n) is 6.70. The van der Waals surface area contributed by atoms with Gasteiger partial charge in [0.15, 0.2) is 0 Å². The third-order valence-corrected chi connectivity index (χ3v) is 4.66. The van der Waals surface area contributed by atoms with Gasteiger partial charge < -0.3 is 20.4 Å². The van der Waals surface area contributed by atoms with E-state index >= 15 is 0 Å². The zero-order valence-electron chi connectivity index (χ0n) is 14.3. The van der Waals surface area contributed by atoms with Gasteiger partial charge in [0.2, 0.25) is 0 Å². The lowest BCUT2D eigenvalue weighted by atomic mass is 9.87. The molecule has 6 heteroatoms. The Kier molecular flexibility index (Phi) is 9.18. The van der Waals surface area contributed by atoms with Crippen molar-refractivity contribution < 1.29 is 30.0 Å². The fourth-order valence-corrected chi connectivity index (χ4v) is 3.23. The summed E-state index contributed by atoms with van der Waals surface area (Å²) in [5, 5.41) is 38.7. The van der Waals surface area contributed by atoms with E-state index in [4.69, 9.17) is 5.11 Å². The molecule has 1 fully saturated rings. The van der Waals surface area contributed by atoms with Gasteiger partial charge in [-0.05, 0) is 6.42 Å². The van der Waals surface area contributed by atoms with Crippen molar-refractivity contribution in [2.45, 2.75) is 76.6 Å². The number of carboxylic acid groups (broad SMARTS) is 1. The van der Waals surface area contributed by atoms with E-state index < -0.39 is 36.1 Å². The monoisotopic (exact) mass is 342 g/mol. The van der Waals surface area contributed by atoms with Crippen molar-refractivity contribution >= 4 is 11.8 Å². The van der Waals surface area contributed by atoms with Gasteiger partial charge in [-0.2, -0.15) is 0 Å². The van der Waals surface area contributed by atoms with Crippen LogP contribution in [0.4, 0.5) is 0 Å². The van der Waals surface area contributed by atoms with Crippen LogP contribution in [-0.2, 0) is 9.59 Å². The SMILES string of the molecule is CCCCC[C@H](O)/C=C/[C@@H]1[C@@H](CC(=O)CCC(=O)O)[C@@H](O)C[C@@H]1O. The number of hydrogen-bond donors (Lipinski definition) is 4. The fraction of sp³-hybridized carbons (Fsp3) is 0.778. The van der Waals surface area contributed by atoms with Gasteiger partial charge in [-0.1, -0.05) is 38.3 Å². The molecule has 1 saturated carbocycles. The predicted molar refractivity (Wildman–Crippen MR) is 89.4 cm³/mol. The molecule has 0 aliphatic heterocycles. The summed E-state index contributed by atoms with van der Waals surface area (Å²) in [6.07, 6.45) is 4.86. The van der Waals surface area contributed by atoms with Gasteiger partial charge >= 0.3 is 5.97 Å². The van der Waals surface area contributed by atoms with Crippen molar-refractivity contribution in [3.05, 3.63) is 12.2 Å². The first-order valence-electron chi connectivity index (χ1n) is 8.81. The Balaban J connectivity index is 2.58. The summed E-state index contributed by atoms with van der Waals surface area (Å²) in [7, 11) is 0. The highest BCUT2D eigenvalue weighted by molar-refractivity contribution is 5.82. The van der Waals surface area contributed by atoms with E-state index in [9.17, 15) is 24.9 Å². The fourth-order valence-electron chi connectivity index (χ4n) is 3.23. The van der Waals surface area contributed by atoms with Crippen LogP contribution in [0, 0.1) is 11.8 Å². The van der Waals surface area contributed by atoms with Gasteiger partial charge in [-0.25, -0.2) is 0 Å². The Hall–Kier alpha value is -1.24. The number of aliphatic carboxylic acids is 1. The highest BCUT2D eigenvalue weighted by Crippen LogP contribution is 2.36. The van der Waals surface area contributed by atoms with Crippen LogP contribution in [0.15, 0.2) is 12.2 Å². The predicted octanol–water partition coefficient (Wildman–Crippen LogP) is 1.67. The summed E-state index contributed by atoms with van der Waals surface area (Å²) < 4.78 is 0. The number of rotatable bonds is 11. The molecule has 0 saturated heterocycles. The van der Waals surface area contributed by atoms with Crippen LogP contribution < -0.4 is 0 Å². The van der Waals surface area contributed by atoms with Gasteiger partial charge in [0.05, 0.1) is 24.7 Å². The van der Waals surface area contributed by atoms with Crippen molar-refractivity contribution in [2.24, 2.45) is 11.8 Å². The van der Waals surface area contributed by atoms with Gasteiger partial charge in [0.25, 0.3) is 0 Å². The molecule has 0 aromatic carbocycles. The van der Waals surface area contributed by atoms with Gasteiger partial charge in [0, 0.05) is 31.1 Å². The number of aliphatic hydroxyl groups is 3. The number of carbonyl (C=O) groups excluding carboxylic acids is 1. The molecular formula is C18H30O6. The molecule has 1 aliphatic rings. The van der Waals surface area contributed by atoms with Crippen LogP contribution in [0.5, 0.6) is 0 Å². The van der Waals surface area contributed by atoms with Crippen molar-refractivity contribution in [3.63, 3.8) is 0 Å². The summed E-state index contributed by atoms with van der Waals surface area (Å²) in [4.78, 5) is 22.4. The van der Waals surface area contributed by atoms with E-state index in [-0.39, 0.29) is 31.5 Å². The number of carboxylic acids is 1. The van der Waals surface area contributed by atoms with E-state index in [1.165, 1.54) is 0 Å². The second kappa shape index (κ2) is 10.6. The van der Waals surface area contributed by atoms with Gasteiger partial charge in [0.1, 0.15) is 5.78 Å². The molecule has 4 N–H and O–H groups in total. The van der Waals surface area contributed by atoms with Crippen molar-refractivity contribution in [3.8, 4) is 0 Å². The van der Waals surface area contributed by atoms with E-state index in [0.29, 0.717) is 6.42 Å². The summed E-state index contributed by atoms with van der Waals surface area (Å²) >= 11 is 0. The van der Waals surface area contributed by atoms with E-state index in [1.54, 1.807) is 12.2 Å². The van der Waals surface area contributed by atoms with Crippen LogP contribution in [0.2, 0.25) is 0 Å². The smallest absolute Gasteiger partial charge is 0.303 e. The topological polar surface area (TPSA) is 115 Å². The Bertz CT molecular complexity index is 433. The molecule has 6 nitrogen and oxygen atoms in total. The lowest BCUT2D eigenvalue weighted by molar-refractivity contribution is -0.138. The first-order chi connectivity index (χ1) is 11.3. The highest BCUT2D eigenvalue weighted by atomic mass is 16.4. The number of hydrogen-bond acceptors (Lipinski definition) is 5. The minimum atomic E-state index is -1.03. The number of carbonyl (C=O) groups is 2. The Morgan fingerprint density at radius 3 is 2.50 bits per heavy atom. The molecular weight excluding hydrogens is 312 g/mol. The third kappa shape index (κ3) is 7.11. The molecule has 0 spiro atoms. The Labute approximate surface area is 143 Å².